The molecule has 0 amide bonds. The van der Waals surface area contributed by atoms with Crippen LogP contribution >= 0.6 is 0 Å². The van der Waals surface area contributed by atoms with Gasteiger partial charge in [-0.2, -0.15) is 9.61 Å². The largest absolute Gasteiger partial charge is 0.507 e. The Kier molecular flexibility index (Phi) is 5.48. The van der Waals surface area contributed by atoms with Crippen LogP contribution in [0.3, 0.4) is 0 Å². The number of para-hydroxylation sites is 1. The van der Waals surface area contributed by atoms with E-state index in [4.69, 9.17) is 4.98 Å². The maximum Gasteiger partial charge on any atom is 0.160 e. The topological polar surface area (TPSA) is 65.7 Å². The molecule has 0 aliphatic heterocycles. The molecule has 6 heteroatoms. The van der Waals surface area contributed by atoms with Gasteiger partial charge in [-0.25, -0.2) is 4.98 Å². The molecule has 0 atom stereocenters. The van der Waals surface area contributed by atoms with Crippen molar-refractivity contribution in [3.05, 3.63) is 42.1 Å². The fraction of sp³-hybridized carbons (Fsp3) is 0.455. The Balaban J connectivity index is 1.50. The van der Waals surface area contributed by atoms with Crippen molar-refractivity contribution in [1.82, 2.24) is 19.5 Å². The molecule has 1 aliphatic rings. The molecule has 2 heterocycles. The molecule has 0 saturated heterocycles. The van der Waals surface area contributed by atoms with Crippen LogP contribution < -0.4 is 5.32 Å². The van der Waals surface area contributed by atoms with Gasteiger partial charge in [-0.15, -0.1) is 0 Å². The first-order valence-corrected chi connectivity index (χ1v) is 10.2. The van der Waals surface area contributed by atoms with E-state index in [1.807, 2.05) is 41.9 Å². The summed E-state index contributed by atoms with van der Waals surface area (Å²) in [7, 11) is 2.24. The second-order valence-corrected chi connectivity index (χ2v) is 7.81. The maximum atomic E-state index is 10.2. The number of hydrogen-bond donors (Lipinski definition) is 2. The first kappa shape index (κ1) is 18.7. The Bertz CT molecular complexity index is 945. The van der Waals surface area contributed by atoms with Crippen molar-refractivity contribution in [3.63, 3.8) is 0 Å². The van der Waals surface area contributed by atoms with Crippen LogP contribution in [0.1, 0.15) is 37.7 Å². The maximum absolute atomic E-state index is 10.2. The third kappa shape index (κ3) is 3.83. The van der Waals surface area contributed by atoms with E-state index >= 15 is 0 Å². The van der Waals surface area contributed by atoms with Crippen molar-refractivity contribution in [2.24, 2.45) is 0 Å². The molecular formula is C22H29N5O. The van der Waals surface area contributed by atoms with Gasteiger partial charge in [-0.1, -0.05) is 25.0 Å². The first-order valence-electron chi connectivity index (χ1n) is 10.2. The van der Waals surface area contributed by atoms with Gasteiger partial charge < -0.3 is 15.3 Å². The number of aromatic hydroxyl groups is 1. The van der Waals surface area contributed by atoms with Gasteiger partial charge in [0.2, 0.25) is 0 Å². The number of aromatic nitrogens is 3. The normalized spacial score (nSPS) is 15.0. The summed E-state index contributed by atoms with van der Waals surface area (Å²) >= 11 is 0. The molecular weight excluding hydrogens is 350 g/mol. The highest BCUT2D eigenvalue weighted by atomic mass is 16.3. The molecule has 6 nitrogen and oxygen atoms in total. The molecule has 3 aromatic rings. The SMILES string of the molecule is Cc1cnn2c(NCCCN(C)C3CCCC3)cc(-c3ccccc3O)nc12. The van der Waals surface area contributed by atoms with Gasteiger partial charge in [-0.05, 0) is 51.9 Å². The Labute approximate surface area is 166 Å². The van der Waals surface area contributed by atoms with E-state index in [0.29, 0.717) is 0 Å². The fourth-order valence-electron chi connectivity index (χ4n) is 4.10. The van der Waals surface area contributed by atoms with Gasteiger partial charge in [0.1, 0.15) is 11.6 Å². The Morgan fingerprint density at radius 1 is 1.25 bits per heavy atom. The summed E-state index contributed by atoms with van der Waals surface area (Å²) < 4.78 is 1.85. The van der Waals surface area contributed by atoms with Gasteiger partial charge in [0.15, 0.2) is 5.65 Å². The third-order valence-corrected chi connectivity index (χ3v) is 5.77. The van der Waals surface area contributed by atoms with Crippen LogP contribution in [0.5, 0.6) is 5.75 Å². The molecule has 0 bridgehead atoms. The lowest BCUT2D eigenvalue weighted by molar-refractivity contribution is 0.245. The summed E-state index contributed by atoms with van der Waals surface area (Å²) in [5.74, 6) is 1.14. The highest BCUT2D eigenvalue weighted by Gasteiger charge is 2.19. The van der Waals surface area contributed by atoms with Crippen LogP contribution in [0.2, 0.25) is 0 Å². The zero-order valence-corrected chi connectivity index (χ0v) is 16.7. The molecule has 2 N–H and O–H groups in total. The number of fused-ring (bicyclic) bond motifs is 1. The molecule has 2 aromatic heterocycles. The third-order valence-electron chi connectivity index (χ3n) is 5.77. The average Bonchev–Trinajstić information content (AvgIpc) is 3.36. The quantitative estimate of drug-likeness (QED) is 0.606. The van der Waals surface area contributed by atoms with Gasteiger partial charge in [0.25, 0.3) is 0 Å². The van der Waals surface area contributed by atoms with Crippen molar-refractivity contribution in [1.29, 1.82) is 0 Å². The zero-order valence-electron chi connectivity index (χ0n) is 16.7. The lowest BCUT2D eigenvalue weighted by Crippen LogP contribution is -2.31. The number of nitrogens with one attached hydrogen (secondary N) is 1. The standard InChI is InChI=1S/C22H29N5O/c1-16-15-24-27-21(23-12-7-13-26(2)17-8-3-4-9-17)14-19(25-22(16)27)18-10-5-6-11-20(18)28/h5-6,10-11,14-15,17,23,28H,3-4,7-9,12-13H2,1-2H3. The van der Waals surface area contributed by atoms with Crippen molar-refractivity contribution in [2.45, 2.75) is 45.1 Å². The smallest absolute Gasteiger partial charge is 0.160 e. The van der Waals surface area contributed by atoms with Crippen molar-refractivity contribution < 1.29 is 5.11 Å². The Hall–Kier alpha value is -2.60. The van der Waals surface area contributed by atoms with Crippen LogP contribution in [0, 0.1) is 6.92 Å². The minimum atomic E-state index is 0.237. The highest BCUT2D eigenvalue weighted by Crippen LogP contribution is 2.30. The predicted molar refractivity (Wildman–Crippen MR) is 113 cm³/mol. The summed E-state index contributed by atoms with van der Waals surface area (Å²) in [6, 6.07) is 10.0. The van der Waals surface area contributed by atoms with Crippen molar-refractivity contribution in [2.75, 3.05) is 25.5 Å². The van der Waals surface area contributed by atoms with Gasteiger partial charge in [-0.3, -0.25) is 0 Å². The summed E-state index contributed by atoms with van der Waals surface area (Å²) in [5, 5.41) is 18.2. The molecule has 1 fully saturated rings. The van der Waals surface area contributed by atoms with E-state index in [9.17, 15) is 5.11 Å². The number of phenolic OH excluding ortho intramolecular Hbond substituents is 1. The zero-order chi connectivity index (χ0) is 19.5. The number of anilines is 1. The lowest BCUT2D eigenvalue weighted by Gasteiger charge is -2.24. The number of hydrogen-bond acceptors (Lipinski definition) is 5. The summed E-state index contributed by atoms with van der Waals surface area (Å²) in [6.07, 6.45) is 8.32. The van der Waals surface area contributed by atoms with E-state index in [1.165, 1.54) is 25.7 Å². The van der Waals surface area contributed by atoms with Crippen LogP contribution in [0.25, 0.3) is 16.9 Å². The molecule has 28 heavy (non-hydrogen) atoms. The van der Waals surface area contributed by atoms with E-state index in [2.05, 4.69) is 22.4 Å². The molecule has 0 spiro atoms. The summed E-state index contributed by atoms with van der Waals surface area (Å²) in [4.78, 5) is 7.23. The summed E-state index contributed by atoms with van der Waals surface area (Å²) in [5.41, 5.74) is 3.31. The second-order valence-electron chi connectivity index (χ2n) is 7.81. The molecule has 1 aliphatic carbocycles. The molecule has 1 saturated carbocycles. The predicted octanol–water partition coefficient (Wildman–Crippen LogP) is 4.09. The summed E-state index contributed by atoms with van der Waals surface area (Å²) in [6.45, 7) is 3.97. The molecule has 0 radical (unpaired) electrons. The van der Waals surface area contributed by atoms with Crippen molar-refractivity contribution in [3.8, 4) is 17.0 Å². The molecule has 0 unspecified atom stereocenters. The van der Waals surface area contributed by atoms with E-state index in [0.717, 1.165) is 53.8 Å². The average molecular weight is 380 g/mol. The minimum absolute atomic E-state index is 0.237. The lowest BCUT2D eigenvalue weighted by atomic mass is 10.1. The van der Waals surface area contributed by atoms with Crippen LogP contribution in [0.15, 0.2) is 36.5 Å². The molecule has 148 valence electrons. The highest BCUT2D eigenvalue weighted by molar-refractivity contribution is 5.72. The molecule has 1 aromatic carbocycles. The number of benzene rings is 1. The molecule has 4 rings (SSSR count). The number of aryl methyl sites for hydroxylation is 1. The Morgan fingerprint density at radius 3 is 2.82 bits per heavy atom. The fourth-order valence-corrected chi connectivity index (χ4v) is 4.10. The Morgan fingerprint density at radius 2 is 2.04 bits per heavy atom. The first-order chi connectivity index (χ1) is 13.6. The number of phenols is 1. The monoisotopic (exact) mass is 379 g/mol. The van der Waals surface area contributed by atoms with Crippen LogP contribution in [-0.4, -0.2) is 50.8 Å². The van der Waals surface area contributed by atoms with Crippen molar-refractivity contribution >= 4 is 11.5 Å². The number of rotatable bonds is 7. The van der Waals surface area contributed by atoms with E-state index in [1.54, 1.807) is 6.07 Å². The van der Waals surface area contributed by atoms with Crippen LogP contribution in [0.4, 0.5) is 5.82 Å². The van der Waals surface area contributed by atoms with E-state index < -0.39 is 0 Å². The van der Waals surface area contributed by atoms with Gasteiger partial charge in [0.05, 0.1) is 11.9 Å². The number of nitrogens with zero attached hydrogens (tertiary/aromatic N) is 4. The second kappa shape index (κ2) is 8.19. The van der Waals surface area contributed by atoms with Gasteiger partial charge >= 0.3 is 0 Å². The van der Waals surface area contributed by atoms with Crippen LogP contribution in [-0.2, 0) is 0 Å². The van der Waals surface area contributed by atoms with Gasteiger partial charge in [0, 0.05) is 29.8 Å². The minimum Gasteiger partial charge on any atom is -0.507 e. The van der Waals surface area contributed by atoms with E-state index in [-0.39, 0.29) is 5.75 Å².